The summed E-state index contributed by atoms with van der Waals surface area (Å²) in [4.78, 5) is 0. The quantitative estimate of drug-likeness (QED) is 0.805. The first kappa shape index (κ1) is 13.6. The molecule has 1 aliphatic heterocycles. The van der Waals surface area contributed by atoms with E-state index in [2.05, 4.69) is 35.9 Å². The van der Waals surface area contributed by atoms with Gasteiger partial charge in [0.15, 0.2) is 0 Å². The Hall–Kier alpha value is -0.800. The van der Waals surface area contributed by atoms with Gasteiger partial charge in [-0.1, -0.05) is 13.3 Å². The van der Waals surface area contributed by atoms with Crippen LogP contribution >= 0.6 is 0 Å². The monoisotopic (exact) mass is 250 g/mol. The van der Waals surface area contributed by atoms with Gasteiger partial charge in [0.25, 0.3) is 0 Å². The Morgan fingerprint density at radius 1 is 1.33 bits per heavy atom. The molecule has 3 nitrogen and oxygen atoms in total. The van der Waals surface area contributed by atoms with E-state index in [-0.39, 0.29) is 0 Å². The Balaban J connectivity index is 1.84. The Morgan fingerprint density at radius 3 is 2.83 bits per heavy atom. The molecule has 1 aromatic heterocycles. The van der Waals surface area contributed by atoms with Gasteiger partial charge in [-0.2, -0.15) is 0 Å². The van der Waals surface area contributed by atoms with E-state index in [1.807, 2.05) is 0 Å². The van der Waals surface area contributed by atoms with Crippen LogP contribution in [0, 0.1) is 0 Å². The lowest BCUT2D eigenvalue weighted by atomic mass is 10.2. The van der Waals surface area contributed by atoms with Crippen LogP contribution in [-0.4, -0.2) is 23.8 Å². The normalized spacial score (nSPS) is 19.6. The van der Waals surface area contributed by atoms with Crippen LogP contribution in [0.1, 0.15) is 44.5 Å². The minimum absolute atomic E-state index is 0.435. The molecule has 1 atom stereocenters. The average molecular weight is 250 g/mol. The Bertz CT molecular complexity index is 353. The molecule has 18 heavy (non-hydrogen) atoms. The molecule has 0 unspecified atom stereocenters. The summed E-state index contributed by atoms with van der Waals surface area (Å²) < 4.78 is 8.06. The van der Waals surface area contributed by atoms with Gasteiger partial charge in [-0.25, -0.2) is 0 Å². The number of nitrogens with zero attached hydrogens (tertiary/aromatic N) is 1. The number of ether oxygens (including phenoxy) is 1. The molecule has 0 spiro atoms. The summed E-state index contributed by atoms with van der Waals surface area (Å²) in [5.41, 5.74) is 2.87. The molecule has 1 N–H and O–H groups in total. The van der Waals surface area contributed by atoms with Gasteiger partial charge in [-0.15, -0.1) is 0 Å². The van der Waals surface area contributed by atoms with E-state index in [0.29, 0.717) is 6.10 Å². The van der Waals surface area contributed by atoms with Crippen molar-refractivity contribution >= 4 is 0 Å². The third-order valence-corrected chi connectivity index (χ3v) is 3.69. The molecular formula is C15H26N2O. The zero-order chi connectivity index (χ0) is 12.8. The maximum absolute atomic E-state index is 5.62. The first-order valence-corrected chi connectivity index (χ1v) is 7.34. The van der Waals surface area contributed by atoms with Gasteiger partial charge in [-0.05, 0) is 38.3 Å². The molecule has 1 saturated heterocycles. The lowest BCUT2D eigenvalue weighted by Gasteiger charge is -2.13. The molecular weight excluding hydrogens is 224 g/mol. The summed E-state index contributed by atoms with van der Waals surface area (Å²) in [6.45, 7) is 8.41. The zero-order valence-electron chi connectivity index (χ0n) is 11.7. The third-order valence-electron chi connectivity index (χ3n) is 3.69. The van der Waals surface area contributed by atoms with Crippen molar-refractivity contribution in [2.45, 2.75) is 58.7 Å². The first-order valence-electron chi connectivity index (χ1n) is 7.34. The number of nitrogens with one attached hydrogen (secondary N) is 1. The summed E-state index contributed by atoms with van der Waals surface area (Å²) in [6, 6.07) is 4.53. The molecule has 1 aromatic rings. The first-order chi connectivity index (χ1) is 8.85. The van der Waals surface area contributed by atoms with Gasteiger partial charge in [0.05, 0.1) is 6.10 Å². The van der Waals surface area contributed by atoms with Crippen LogP contribution in [0.25, 0.3) is 0 Å². The van der Waals surface area contributed by atoms with E-state index >= 15 is 0 Å². The molecule has 0 radical (unpaired) electrons. The maximum Gasteiger partial charge on any atom is 0.0700 e. The third kappa shape index (κ3) is 3.36. The van der Waals surface area contributed by atoms with Gasteiger partial charge in [-0.3, -0.25) is 0 Å². The summed E-state index contributed by atoms with van der Waals surface area (Å²) in [5.74, 6) is 0. The van der Waals surface area contributed by atoms with Gasteiger partial charge in [0.1, 0.15) is 0 Å². The smallest absolute Gasteiger partial charge is 0.0700 e. The molecule has 0 saturated carbocycles. The van der Waals surface area contributed by atoms with E-state index < -0.39 is 0 Å². The highest BCUT2D eigenvalue weighted by molar-refractivity contribution is 5.16. The summed E-state index contributed by atoms with van der Waals surface area (Å²) in [7, 11) is 0. The van der Waals surface area contributed by atoms with Crippen LogP contribution in [0.5, 0.6) is 0 Å². The minimum Gasteiger partial charge on any atom is -0.377 e. The maximum atomic E-state index is 5.62. The summed E-state index contributed by atoms with van der Waals surface area (Å²) in [5, 5.41) is 3.53. The van der Waals surface area contributed by atoms with Gasteiger partial charge in [0.2, 0.25) is 0 Å². The van der Waals surface area contributed by atoms with Crippen LogP contribution in [-0.2, 0) is 24.2 Å². The average Bonchev–Trinajstić information content (AvgIpc) is 3.00. The van der Waals surface area contributed by atoms with Crippen LogP contribution in [0.15, 0.2) is 12.1 Å². The molecule has 0 aromatic carbocycles. The largest absolute Gasteiger partial charge is 0.377 e. The van der Waals surface area contributed by atoms with E-state index in [1.165, 1.54) is 37.1 Å². The van der Waals surface area contributed by atoms with Crippen LogP contribution < -0.4 is 5.32 Å². The fourth-order valence-electron chi connectivity index (χ4n) is 2.76. The van der Waals surface area contributed by atoms with Crippen molar-refractivity contribution in [2.75, 3.05) is 13.2 Å². The molecule has 0 aliphatic carbocycles. The molecule has 3 heteroatoms. The van der Waals surface area contributed by atoms with Crippen molar-refractivity contribution < 1.29 is 4.74 Å². The van der Waals surface area contributed by atoms with E-state index in [4.69, 9.17) is 4.74 Å². The number of rotatable bonds is 7. The van der Waals surface area contributed by atoms with Gasteiger partial charge < -0.3 is 14.6 Å². The predicted molar refractivity (Wildman–Crippen MR) is 74.8 cm³/mol. The molecule has 0 amide bonds. The Kier molecular flexibility index (Phi) is 5.26. The number of hydrogen-bond acceptors (Lipinski definition) is 2. The molecule has 1 fully saturated rings. The fraction of sp³-hybridized carbons (Fsp3) is 0.733. The summed E-state index contributed by atoms with van der Waals surface area (Å²) in [6.07, 6.45) is 5.26. The van der Waals surface area contributed by atoms with Crippen molar-refractivity contribution in [1.29, 1.82) is 0 Å². The molecule has 2 heterocycles. The van der Waals surface area contributed by atoms with Crippen molar-refractivity contribution in [3.05, 3.63) is 23.5 Å². The second kappa shape index (κ2) is 6.95. The molecule has 0 bridgehead atoms. The molecule has 2 rings (SSSR count). The van der Waals surface area contributed by atoms with Gasteiger partial charge in [0, 0.05) is 37.6 Å². The summed E-state index contributed by atoms with van der Waals surface area (Å²) >= 11 is 0. The fourth-order valence-corrected chi connectivity index (χ4v) is 2.76. The second-order valence-electron chi connectivity index (χ2n) is 5.08. The highest BCUT2D eigenvalue weighted by Crippen LogP contribution is 2.13. The topological polar surface area (TPSA) is 26.2 Å². The predicted octanol–water partition coefficient (Wildman–Crippen LogP) is 2.73. The Morgan fingerprint density at radius 2 is 2.17 bits per heavy atom. The van der Waals surface area contributed by atoms with Crippen molar-refractivity contribution in [2.24, 2.45) is 0 Å². The highest BCUT2D eigenvalue weighted by atomic mass is 16.5. The van der Waals surface area contributed by atoms with E-state index in [9.17, 15) is 0 Å². The van der Waals surface area contributed by atoms with Crippen LogP contribution in [0.4, 0.5) is 0 Å². The lowest BCUT2D eigenvalue weighted by Crippen LogP contribution is -2.26. The zero-order valence-corrected chi connectivity index (χ0v) is 11.7. The van der Waals surface area contributed by atoms with Gasteiger partial charge >= 0.3 is 0 Å². The highest BCUT2D eigenvalue weighted by Gasteiger charge is 2.15. The number of aromatic nitrogens is 1. The standard InChI is InChI=1S/C15H26N2O/c1-3-6-13-8-9-14(17(13)4-2)11-16-12-15-7-5-10-18-15/h8-9,15-16H,3-7,10-12H2,1-2H3/t15-/m1/s1. The number of aryl methyl sites for hydroxylation is 1. The van der Waals surface area contributed by atoms with Crippen LogP contribution in [0.2, 0.25) is 0 Å². The molecule has 102 valence electrons. The minimum atomic E-state index is 0.435. The van der Waals surface area contributed by atoms with Crippen molar-refractivity contribution in [3.8, 4) is 0 Å². The molecule has 1 aliphatic rings. The van der Waals surface area contributed by atoms with Crippen LogP contribution in [0.3, 0.4) is 0 Å². The number of hydrogen-bond donors (Lipinski definition) is 1. The SMILES string of the molecule is CCCc1ccc(CNC[C@H]2CCCO2)n1CC. The lowest BCUT2D eigenvalue weighted by molar-refractivity contribution is 0.110. The second-order valence-corrected chi connectivity index (χ2v) is 5.08. The van der Waals surface area contributed by atoms with Crippen molar-refractivity contribution in [1.82, 2.24) is 9.88 Å². The van der Waals surface area contributed by atoms with E-state index in [1.54, 1.807) is 0 Å². The Labute approximate surface area is 111 Å². The van der Waals surface area contributed by atoms with E-state index in [0.717, 1.165) is 26.2 Å². The van der Waals surface area contributed by atoms with Crippen molar-refractivity contribution in [3.63, 3.8) is 0 Å².